The Labute approximate surface area is 204 Å². The monoisotopic (exact) mass is 475 g/mol. The zero-order valence-electron chi connectivity index (χ0n) is 20.3. The van der Waals surface area contributed by atoms with Crippen molar-refractivity contribution >= 4 is 34.5 Å². The smallest absolute Gasteiger partial charge is 0.300 e. The number of thiophene rings is 1. The molecule has 1 aromatic heterocycles. The van der Waals surface area contributed by atoms with Crippen LogP contribution in [0.1, 0.15) is 58.5 Å². The number of Topliss-reactive ketones (excluding diaryl/α,β-unsaturated/α-hetero) is 1. The third-order valence-corrected chi connectivity index (χ3v) is 7.56. The first-order valence-corrected chi connectivity index (χ1v) is 12.1. The van der Waals surface area contributed by atoms with Crippen LogP contribution in [0.15, 0.2) is 53.4 Å². The van der Waals surface area contributed by atoms with E-state index in [1.165, 1.54) is 16.2 Å². The summed E-state index contributed by atoms with van der Waals surface area (Å²) in [5.74, 6) is -0.633. The Morgan fingerprint density at radius 2 is 1.74 bits per heavy atom. The molecule has 2 aromatic carbocycles. The van der Waals surface area contributed by atoms with Gasteiger partial charge in [-0.1, -0.05) is 19.9 Å². The average molecular weight is 476 g/mol. The maximum absolute atomic E-state index is 13.4. The number of nitrogens with zero attached hydrogens (tertiary/aromatic N) is 1. The Hall–Kier alpha value is -3.38. The van der Waals surface area contributed by atoms with Gasteiger partial charge in [0.05, 0.1) is 12.7 Å². The molecule has 0 aliphatic carbocycles. The second kappa shape index (κ2) is 9.11. The zero-order valence-corrected chi connectivity index (χ0v) is 21.1. The number of methoxy groups -OCH3 is 1. The minimum Gasteiger partial charge on any atom is -0.507 e. The molecular weight excluding hydrogens is 446 g/mol. The van der Waals surface area contributed by atoms with Gasteiger partial charge in [-0.3, -0.25) is 14.5 Å². The summed E-state index contributed by atoms with van der Waals surface area (Å²) in [6.45, 7) is 10.0. The molecule has 3 aromatic rings. The van der Waals surface area contributed by atoms with Gasteiger partial charge in [0.15, 0.2) is 0 Å². The quantitative estimate of drug-likeness (QED) is 0.262. The molecule has 0 spiro atoms. The molecule has 0 radical (unpaired) electrons. The predicted octanol–water partition coefficient (Wildman–Crippen LogP) is 6.43. The fourth-order valence-corrected chi connectivity index (χ4v) is 5.40. The van der Waals surface area contributed by atoms with Gasteiger partial charge in [-0.05, 0) is 90.7 Å². The topological polar surface area (TPSA) is 66.8 Å². The minimum atomic E-state index is -0.702. The number of rotatable bonds is 5. The lowest BCUT2D eigenvalue weighted by atomic mass is 9.94. The molecule has 2 heterocycles. The number of amides is 1. The Balaban J connectivity index is 1.95. The van der Waals surface area contributed by atoms with E-state index in [0.717, 1.165) is 27.1 Å². The van der Waals surface area contributed by atoms with Gasteiger partial charge in [-0.25, -0.2) is 0 Å². The molecule has 0 saturated carbocycles. The van der Waals surface area contributed by atoms with Crippen LogP contribution in [-0.4, -0.2) is 23.9 Å². The van der Waals surface area contributed by atoms with E-state index >= 15 is 0 Å². The number of ether oxygens (including phenoxy) is 1. The summed E-state index contributed by atoms with van der Waals surface area (Å²) >= 11 is 1.48. The van der Waals surface area contributed by atoms with Crippen molar-refractivity contribution in [3.05, 3.63) is 86.1 Å². The van der Waals surface area contributed by atoms with Crippen LogP contribution in [0, 0.1) is 20.8 Å². The number of aliphatic hydroxyl groups excluding tert-OH is 1. The third-order valence-electron chi connectivity index (χ3n) is 6.49. The number of carbonyl (C=O) groups excluding carboxylic acids is 2. The van der Waals surface area contributed by atoms with Crippen molar-refractivity contribution in [1.29, 1.82) is 0 Å². The number of carbonyl (C=O) groups is 2. The molecule has 1 atom stereocenters. The van der Waals surface area contributed by atoms with Crippen LogP contribution in [0.4, 0.5) is 5.69 Å². The summed E-state index contributed by atoms with van der Waals surface area (Å²) in [4.78, 5) is 29.1. The number of anilines is 1. The summed E-state index contributed by atoms with van der Waals surface area (Å²) in [6, 6.07) is 12.3. The second-order valence-corrected chi connectivity index (χ2v) is 9.96. The van der Waals surface area contributed by atoms with E-state index in [1.54, 1.807) is 19.2 Å². The summed E-state index contributed by atoms with van der Waals surface area (Å²) < 4.78 is 5.47. The first-order valence-electron chi connectivity index (χ1n) is 11.3. The Morgan fingerprint density at radius 3 is 2.32 bits per heavy atom. The third kappa shape index (κ3) is 3.92. The Morgan fingerprint density at radius 1 is 1.00 bits per heavy atom. The van der Waals surface area contributed by atoms with Crippen molar-refractivity contribution < 1.29 is 19.4 Å². The lowest BCUT2D eigenvalue weighted by Crippen LogP contribution is -2.29. The van der Waals surface area contributed by atoms with Gasteiger partial charge in [0.25, 0.3) is 11.7 Å². The number of ketones is 1. The first-order chi connectivity index (χ1) is 16.1. The molecule has 1 aliphatic heterocycles. The van der Waals surface area contributed by atoms with Gasteiger partial charge >= 0.3 is 0 Å². The highest BCUT2D eigenvalue weighted by molar-refractivity contribution is 7.10. The molecule has 4 rings (SSSR count). The molecule has 1 N–H and O–H groups in total. The van der Waals surface area contributed by atoms with Crippen molar-refractivity contribution in [2.45, 2.75) is 46.6 Å². The summed E-state index contributed by atoms with van der Waals surface area (Å²) in [7, 11) is 1.61. The molecule has 1 amide bonds. The van der Waals surface area contributed by atoms with Crippen LogP contribution in [0.2, 0.25) is 0 Å². The van der Waals surface area contributed by atoms with Gasteiger partial charge < -0.3 is 9.84 Å². The normalized spacial score (nSPS) is 17.6. The summed E-state index contributed by atoms with van der Waals surface area (Å²) in [6.07, 6.45) is 0. The van der Waals surface area contributed by atoms with Gasteiger partial charge in [0.2, 0.25) is 0 Å². The fraction of sp³-hybridized carbons (Fsp3) is 0.286. The summed E-state index contributed by atoms with van der Waals surface area (Å²) in [5.41, 5.74) is 5.24. The molecule has 1 saturated heterocycles. The highest BCUT2D eigenvalue weighted by atomic mass is 32.1. The van der Waals surface area contributed by atoms with Gasteiger partial charge in [0.1, 0.15) is 17.6 Å². The first kappa shape index (κ1) is 23.8. The highest BCUT2D eigenvalue weighted by Gasteiger charge is 2.48. The van der Waals surface area contributed by atoms with E-state index in [-0.39, 0.29) is 17.3 Å². The number of aryl methyl sites for hydroxylation is 3. The molecule has 0 bridgehead atoms. The lowest BCUT2D eigenvalue weighted by molar-refractivity contribution is -0.132. The highest BCUT2D eigenvalue weighted by Crippen LogP contribution is 2.45. The van der Waals surface area contributed by atoms with Crippen LogP contribution in [0.25, 0.3) is 5.76 Å². The average Bonchev–Trinajstić information content (AvgIpc) is 3.35. The zero-order chi connectivity index (χ0) is 24.7. The molecule has 5 nitrogen and oxygen atoms in total. The molecule has 1 unspecified atom stereocenters. The lowest BCUT2D eigenvalue weighted by Gasteiger charge is -2.25. The minimum absolute atomic E-state index is 0.105. The molecule has 1 fully saturated rings. The summed E-state index contributed by atoms with van der Waals surface area (Å²) in [5, 5.41) is 13.4. The van der Waals surface area contributed by atoms with E-state index in [1.807, 2.05) is 70.3 Å². The van der Waals surface area contributed by atoms with Crippen molar-refractivity contribution in [2.75, 3.05) is 12.0 Å². The Bertz CT molecular complexity index is 1320. The molecule has 6 heteroatoms. The van der Waals surface area contributed by atoms with E-state index in [4.69, 9.17) is 4.74 Å². The van der Waals surface area contributed by atoms with E-state index in [9.17, 15) is 14.7 Å². The van der Waals surface area contributed by atoms with E-state index in [2.05, 4.69) is 0 Å². The van der Waals surface area contributed by atoms with Gasteiger partial charge in [-0.15, -0.1) is 11.3 Å². The van der Waals surface area contributed by atoms with Crippen LogP contribution in [0.5, 0.6) is 5.75 Å². The molecule has 176 valence electrons. The number of hydrogen-bond donors (Lipinski definition) is 1. The van der Waals surface area contributed by atoms with Crippen molar-refractivity contribution in [3.63, 3.8) is 0 Å². The number of benzene rings is 2. The van der Waals surface area contributed by atoms with Crippen LogP contribution >= 0.6 is 11.3 Å². The van der Waals surface area contributed by atoms with Gasteiger partial charge in [-0.2, -0.15) is 0 Å². The molecule has 34 heavy (non-hydrogen) atoms. The van der Waals surface area contributed by atoms with Gasteiger partial charge in [0, 0.05) is 16.1 Å². The number of aliphatic hydroxyl groups is 1. The SMILES string of the molecule is COc1ccc(/C(O)=C2/C(=O)C(=O)N(c3ccc(C)c(C)c3)C2c2sccc2C)cc1C(C)C. The van der Waals surface area contributed by atoms with E-state index < -0.39 is 17.7 Å². The predicted molar refractivity (Wildman–Crippen MR) is 137 cm³/mol. The maximum atomic E-state index is 13.4. The van der Waals surface area contributed by atoms with Crippen molar-refractivity contribution in [3.8, 4) is 5.75 Å². The van der Waals surface area contributed by atoms with Crippen LogP contribution in [-0.2, 0) is 9.59 Å². The van der Waals surface area contributed by atoms with Crippen molar-refractivity contribution in [2.24, 2.45) is 0 Å². The molecule has 1 aliphatic rings. The second-order valence-electron chi connectivity index (χ2n) is 9.02. The van der Waals surface area contributed by atoms with Crippen LogP contribution < -0.4 is 9.64 Å². The largest absolute Gasteiger partial charge is 0.507 e. The van der Waals surface area contributed by atoms with E-state index in [0.29, 0.717) is 17.0 Å². The van der Waals surface area contributed by atoms with Crippen molar-refractivity contribution in [1.82, 2.24) is 0 Å². The standard InChI is InChI=1S/C28H29NO4S/c1-15(2)21-14-19(8-10-22(21)33-6)25(30)23-24(27-17(4)11-12-34-27)29(28(32)26(23)31)20-9-7-16(3)18(5)13-20/h7-15,24,30H,1-6H3/b25-23-. The van der Waals surface area contributed by atoms with Crippen LogP contribution in [0.3, 0.4) is 0 Å². The fourth-order valence-electron chi connectivity index (χ4n) is 4.38. The Kier molecular flexibility index (Phi) is 6.36. The molecular formula is C28H29NO4S. The number of hydrogen-bond acceptors (Lipinski definition) is 5. The maximum Gasteiger partial charge on any atom is 0.300 e.